The molecule has 0 aromatic rings. The first-order valence-electron chi connectivity index (χ1n) is 5.07. The van der Waals surface area contributed by atoms with E-state index >= 15 is 0 Å². The number of carboxylic acid groups (broad SMARTS) is 1. The summed E-state index contributed by atoms with van der Waals surface area (Å²) in [5, 5.41) is 12.8. The van der Waals surface area contributed by atoms with Crippen LogP contribution in [-0.2, 0) is 19.1 Å². The molecule has 1 unspecified atom stereocenters. The van der Waals surface area contributed by atoms with Crippen LogP contribution in [0.25, 0.3) is 0 Å². The van der Waals surface area contributed by atoms with Crippen molar-refractivity contribution in [3.63, 3.8) is 0 Å². The molecule has 96 valence electrons. The van der Waals surface area contributed by atoms with Crippen LogP contribution in [0.15, 0.2) is 0 Å². The van der Waals surface area contributed by atoms with Gasteiger partial charge in [-0.3, -0.25) is 14.4 Å². The fraction of sp³-hybridized carbons (Fsp3) is 0.667. The lowest BCUT2D eigenvalue weighted by Gasteiger charge is -2.20. The van der Waals surface area contributed by atoms with E-state index in [9.17, 15) is 14.4 Å². The van der Waals surface area contributed by atoms with Gasteiger partial charge in [-0.2, -0.15) is 0 Å². The van der Waals surface area contributed by atoms with Crippen molar-refractivity contribution in [2.24, 2.45) is 5.73 Å². The van der Waals surface area contributed by atoms with Crippen LogP contribution >= 0.6 is 0 Å². The third kappa shape index (κ3) is 4.00. The highest BCUT2D eigenvalue weighted by Gasteiger charge is 2.38. The van der Waals surface area contributed by atoms with Crippen LogP contribution in [0.2, 0.25) is 0 Å². The van der Waals surface area contributed by atoms with Gasteiger partial charge in [-0.1, -0.05) is 0 Å². The van der Waals surface area contributed by atoms with Crippen molar-refractivity contribution in [1.29, 1.82) is 0 Å². The summed E-state index contributed by atoms with van der Waals surface area (Å²) in [6.45, 7) is -0.249. The van der Waals surface area contributed by atoms with Crippen molar-refractivity contribution in [1.82, 2.24) is 10.6 Å². The molecule has 0 aromatic heterocycles. The Morgan fingerprint density at radius 3 is 2.53 bits per heavy atom. The molecule has 0 radical (unpaired) electrons. The minimum absolute atomic E-state index is 0.121. The quantitative estimate of drug-likeness (QED) is 0.421. The van der Waals surface area contributed by atoms with E-state index < -0.39 is 29.9 Å². The SMILES string of the molecule is NC1(C(=O)NCC(=O)NCC(=O)O)CCOC1. The molecule has 1 aliphatic heterocycles. The topological polar surface area (TPSA) is 131 Å². The van der Waals surface area contributed by atoms with Crippen LogP contribution in [0.3, 0.4) is 0 Å². The predicted octanol–water partition coefficient (Wildman–Crippen LogP) is -2.58. The van der Waals surface area contributed by atoms with Gasteiger partial charge in [-0.05, 0) is 6.42 Å². The van der Waals surface area contributed by atoms with Crippen LogP contribution in [0, 0.1) is 0 Å². The first-order chi connectivity index (χ1) is 7.94. The third-order valence-corrected chi connectivity index (χ3v) is 2.35. The predicted molar refractivity (Wildman–Crippen MR) is 56.0 cm³/mol. The van der Waals surface area contributed by atoms with E-state index in [1.54, 1.807) is 0 Å². The molecule has 8 nitrogen and oxygen atoms in total. The molecule has 0 aliphatic carbocycles. The number of hydrogen-bond donors (Lipinski definition) is 4. The lowest BCUT2D eigenvalue weighted by atomic mass is 9.99. The number of ether oxygens (including phenoxy) is 1. The normalized spacial score (nSPS) is 23.1. The van der Waals surface area contributed by atoms with Crippen molar-refractivity contribution in [3.05, 3.63) is 0 Å². The Labute approximate surface area is 97.5 Å². The molecule has 17 heavy (non-hydrogen) atoms. The van der Waals surface area contributed by atoms with Crippen molar-refractivity contribution < 1.29 is 24.2 Å². The molecule has 2 amide bonds. The van der Waals surface area contributed by atoms with Crippen molar-refractivity contribution in [3.8, 4) is 0 Å². The average Bonchev–Trinajstić information content (AvgIpc) is 2.71. The van der Waals surface area contributed by atoms with Crippen LogP contribution < -0.4 is 16.4 Å². The minimum atomic E-state index is -1.15. The van der Waals surface area contributed by atoms with Crippen molar-refractivity contribution >= 4 is 17.8 Å². The van der Waals surface area contributed by atoms with E-state index in [0.29, 0.717) is 13.0 Å². The Hall–Kier alpha value is -1.67. The zero-order valence-corrected chi connectivity index (χ0v) is 9.19. The molecular formula is C9H15N3O5. The summed E-state index contributed by atoms with van der Waals surface area (Å²) >= 11 is 0. The van der Waals surface area contributed by atoms with E-state index in [4.69, 9.17) is 15.6 Å². The Morgan fingerprint density at radius 2 is 2.00 bits per heavy atom. The lowest BCUT2D eigenvalue weighted by molar-refractivity contribution is -0.137. The summed E-state index contributed by atoms with van der Waals surface area (Å²) < 4.78 is 5.00. The molecule has 0 saturated carbocycles. The highest BCUT2D eigenvalue weighted by atomic mass is 16.5. The number of nitrogens with one attached hydrogen (secondary N) is 2. The zero-order valence-electron chi connectivity index (χ0n) is 9.19. The summed E-state index contributed by atoms with van der Waals surface area (Å²) in [5.74, 6) is -2.20. The second-order valence-corrected chi connectivity index (χ2v) is 3.81. The van der Waals surface area contributed by atoms with Gasteiger partial charge < -0.3 is 26.2 Å². The first-order valence-corrected chi connectivity index (χ1v) is 5.07. The zero-order chi connectivity index (χ0) is 12.9. The van der Waals surface area contributed by atoms with Gasteiger partial charge in [0, 0.05) is 6.61 Å². The van der Waals surface area contributed by atoms with Gasteiger partial charge in [0.1, 0.15) is 12.1 Å². The van der Waals surface area contributed by atoms with Crippen molar-refractivity contribution in [2.45, 2.75) is 12.0 Å². The Balaban J connectivity index is 2.28. The first kappa shape index (κ1) is 13.4. The average molecular weight is 245 g/mol. The summed E-state index contributed by atoms with van der Waals surface area (Å²) in [6.07, 6.45) is 0.398. The smallest absolute Gasteiger partial charge is 0.322 e. The number of rotatable bonds is 5. The molecule has 0 bridgehead atoms. The van der Waals surface area contributed by atoms with Gasteiger partial charge in [0.25, 0.3) is 0 Å². The largest absolute Gasteiger partial charge is 0.480 e. The molecule has 8 heteroatoms. The van der Waals surface area contributed by atoms with Gasteiger partial charge in [0.15, 0.2) is 0 Å². The van der Waals surface area contributed by atoms with E-state index in [2.05, 4.69) is 10.6 Å². The molecule has 1 saturated heterocycles. The molecular weight excluding hydrogens is 230 g/mol. The Bertz CT molecular complexity index is 325. The van der Waals surface area contributed by atoms with E-state index in [0.717, 1.165) is 0 Å². The minimum Gasteiger partial charge on any atom is -0.480 e. The molecule has 1 heterocycles. The van der Waals surface area contributed by atoms with Crippen LogP contribution in [0.5, 0.6) is 0 Å². The third-order valence-electron chi connectivity index (χ3n) is 2.35. The van der Waals surface area contributed by atoms with Gasteiger partial charge in [-0.25, -0.2) is 0 Å². The summed E-state index contributed by atoms with van der Waals surface area (Å²) in [6, 6.07) is 0. The van der Waals surface area contributed by atoms with E-state index in [1.165, 1.54) is 0 Å². The summed E-state index contributed by atoms with van der Waals surface area (Å²) in [5.41, 5.74) is 4.66. The van der Waals surface area contributed by atoms with Gasteiger partial charge >= 0.3 is 5.97 Å². The number of carbonyl (C=O) groups is 3. The molecule has 1 atom stereocenters. The molecule has 1 aliphatic rings. The number of carbonyl (C=O) groups excluding carboxylic acids is 2. The Morgan fingerprint density at radius 1 is 1.29 bits per heavy atom. The highest BCUT2D eigenvalue weighted by Crippen LogP contribution is 2.14. The molecule has 1 rings (SSSR count). The number of amides is 2. The number of nitrogens with two attached hydrogens (primary N) is 1. The second kappa shape index (κ2) is 5.60. The highest BCUT2D eigenvalue weighted by molar-refractivity contribution is 5.91. The van der Waals surface area contributed by atoms with Gasteiger partial charge in [0.05, 0.1) is 13.2 Å². The fourth-order valence-corrected chi connectivity index (χ4v) is 1.33. The fourth-order valence-electron chi connectivity index (χ4n) is 1.33. The lowest BCUT2D eigenvalue weighted by Crippen LogP contribution is -2.56. The van der Waals surface area contributed by atoms with Gasteiger partial charge in [0.2, 0.25) is 11.8 Å². The second-order valence-electron chi connectivity index (χ2n) is 3.81. The molecule has 0 aromatic carbocycles. The standard InChI is InChI=1S/C9H15N3O5/c10-9(1-2-17-5-9)8(16)12-3-6(13)11-4-7(14)15/h1-5,10H2,(H,11,13)(H,12,16)(H,14,15). The van der Waals surface area contributed by atoms with Crippen LogP contribution in [-0.4, -0.2) is 54.7 Å². The summed E-state index contributed by atoms with van der Waals surface area (Å²) in [4.78, 5) is 32.9. The number of carboxylic acids is 1. The molecule has 1 fully saturated rings. The number of hydrogen-bond acceptors (Lipinski definition) is 5. The van der Waals surface area contributed by atoms with E-state index in [1.807, 2.05) is 0 Å². The maximum atomic E-state index is 11.6. The maximum absolute atomic E-state index is 11.6. The van der Waals surface area contributed by atoms with Gasteiger partial charge in [-0.15, -0.1) is 0 Å². The summed E-state index contributed by atoms with van der Waals surface area (Å²) in [7, 11) is 0. The monoisotopic (exact) mass is 245 g/mol. The maximum Gasteiger partial charge on any atom is 0.322 e. The molecule has 0 spiro atoms. The van der Waals surface area contributed by atoms with Crippen LogP contribution in [0.4, 0.5) is 0 Å². The van der Waals surface area contributed by atoms with E-state index in [-0.39, 0.29) is 13.2 Å². The Kier molecular flexibility index (Phi) is 4.41. The van der Waals surface area contributed by atoms with Crippen LogP contribution in [0.1, 0.15) is 6.42 Å². The molecule has 5 N–H and O–H groups in total. The van der Waals surface area contributed by atoms with Crippen molar-refractivity contribution in [2.75, 3.05) is 26.3 Å². The number of aliphatic carboxylic acids is 1.